The summed E-state index contributed by atoms with van der Waals surface area (Å²) in [7, 11) is 0. The lowest BCUT2D eigenvalue weighted by molar-refractivity contribution is -0.133. The molecule has 0 atom stereocenters. The molecule has 17 heavy (non-hydrogen) atoms. The summed E-state index contributed by atoms with van der Waals surface area (Å²) in [5, 5.41) is 8.44. The number of benzene rings is 1. The van der Waals surface area contributed by atoms with Gasteiger partial charge in [-0.3, -0.25) is 4.79 Å². The molecule has 0 unspecified atom stereocenters. The Hall–Kier alpha value is -1.36. The molecule has 94 valence electrons. The maximum atomic E-state index is 10.3. The molecule has 1 rings (SSSR count). The monoisotopic (exact) mass is 256 g/mol. The largest absolute Gasteiger partial charge is 0.494 e. The molecule has 0 aliphatic carbocycles. The van der Waals surface area contributed by atoms with Crippen LogP contribution in [0.4, 0.5) is 0 Å². The molecule has 1 N–H and O–H groups in total. The number of ether oxygens (including phenoxy) is 2. The van der Waals surface area contributed by atoms with Crippen LogP contribution in [0.2, 0.25) is 0 Å². The summed E-state index contributed by atoms with van der Waals surface area (Å²) in [6.45, 7) is 3.09. The van der Waals surface area contributed by atoms with Crippen molar-refractivity contribution in [2.75, 3.05) is 24.7 Å². The minimum absolute atomic E-state index is 0.118. The van der Waals surface area contributed by atoms with Crippen LogP contribution < -0.4 is 9.47 Å². The maximum Gasteiger partial charge on any atom is 0.313 e. The first-order chi connectivity index (χ1) is 8.22. The summed E-state index contributed by atoms with van der Waals surface area (Å²) in [4.78, 5) is 10.3. The van der Waals surface area contributed by atoms with Crippen LogP contribution in [0.25, 0.3) is 0 Å². The van der Waals surface area contributed by atoms with Gasteiger partial charge in [-0.15, -0.1) is 11.8 Å². The van der Waals surface area contributed by atoms with Gasteiger partial charge in [-0.05, 0) is 31.2 Å². The molecule has 0 aromatic heterocycles. The standard InChI is InChI=1S/C12H16O4S/c1-2-15-10-3-5-11(6-4-10)16-7-8-17-9-12(13)14/h3-6H,2,7-9H2,1H3,(H,13,14). The van der Waals surface area contributed by atoms with Crippen LogP contribution in [0.15, 0.2) is 24.3 Å². The lowest BCUT2D eigenvalue weighted by Gasteiger charge is -2.07. The predicted octanol–water partition coefficient (Wildman–Crippen LogP) is 2.28. The van der Waals surface area contributed by atoms with Gasteiger partial charge in [0.15, 0.2) is 0 Å². The van der Waals surface area contributed by atoms with E-state index in [4.69, 9.17) is 14.6 Å². The van der Waals surface area contributed by atoms with E-state index < -0.39 is 5.97 Å². The van der Waals surface area contributed by atoms with Crippen molar-refractivity contribution in [3.8, 4) is 11.5 Å². The third-order valence-corrected chi connectivity index (χ3v) is 2.76. The molecule has 0 aliphatic heterocycles. The molecule has 0 aliphatic rings. The highest BCUT2D eigenvalue weighted by Gasteiger charge is 1.98. The molecule has 1 aromatic carbocycles. The van der Waals surface area contributed by atoms with Gasteiger partial charge in [0.2, 0.25) is 0 Å². The molecule has 0 saturated heterocycles. The summed E-state index contributed by atoms with van der Waals surface area (Å²) < 4.78 is 10.8. The molecule has 4 nitrogen and oxygen atoms in total. The Kier molecular flexibility index (Phi) is 6.32. The van der Waals surface area contributed by atoms with Crippen LogP contribution in [0, 0.1) is 0 Å². The second-order valence-corrected chi connectivity index (χ2v) is 4.30. The number of hydrogen-bond acceptors (Lipinski definition) is 4. The van der Waals surface area contributed by atoms with Gasteiger partial charge in [0.05, 0.1) is 19.0 Å². The zero-order valence-corrected chi connectivity index (χ0v) is 10.5. The van der Waals surface area contributed by atoms with Gasteiger partial charge in [-0.25, -0.2) is 0 Å². The van der Waals surface area contributed by atoms with Crippen molar-refractivity contribution < 1.29 is 19.4 Å². The Labute approximate surface area is 105 Å². The highest BCUT2D eigenvalue weighted by Crippen LogP contribution is 2.17. The molecular formula is C12H16O4S. The minimum atomic E-state index is -0.795. The van der Waals surface area contributed by atoms with Crippen molar-refractivity contribution in [1.82, 2.24) is 0 Å². The SMILES string of the molecule is CCOc1ccc(OCCSCC(=O)O)cc1. The van der Waals surface area contributed by atoms with Gasteiger partial charge >= 0.3 is 5.97 Å². The number of aliphatic carboxylic acids is 1. The Balaban J connectivity index is 2.20. The van der Waals surface area contributed by atoms with Crippen molar-refractivity contribution in [3.63, 3.8) is 0 Å². The third kappa shape index (κ3) is 6.06. The highest BCUT2D eigenvalue weighted by atomic mass is 32.2. The van der Waals surface area contributed by atoms with Crippen molar-refractivity contribution in [2.24, 2.45) is 0 Å². The lowest BCUT2D eigenvalue weighted by Crippen LogP contribution is -2.04. The van der Waals surface area contributed by atoms with E-state index in [0.29, 0.717) is 19.0 Å². The van der Waals surface area contributed by atoms with Crippen molar-refractivity contribution in [1.29, 1.82) is 0 Å². The summed E-state index contributed by atoms with van der Waals surface area (Å²) in [6, 6.07) is 7.38. The van der Waals surface area contributed by atoms with E-state index >= 15 is 0 Å². The summed E-state index contributed by atoms with van der Waals surface area (Å²) in [5.74, 6) is 1.58. The number of thioether (sulfide) groups is 1. The van der Waals surface area contributed by atoms with E-state index in [-0.39, 0.29) is 5.75 Å². The Morgan fingerprint density at radius 1 is 1.24 bits per heavy atom. The van der Waals surface area contributed by atoms with E-state index in [1.807, 2.05) is 31.2 Å². The first-order valence-corrected chi connectivity index (χ1v) is 6.53. The van der Waals surface area contributed by atoms with Gasteiger partial charge in [0.1, 0.15) is 11.5 Å². The molecule has 5 heteroatoms. The fourth-order valence-corrected chi connectivity index (χ4v) is 1.70. The van der Waals surface area contributed by atoms with E-state index in [9.17, 15) is 4.79 Å². The maximum absolute atomic E-state index is 10.3. The zero-order chi connectivity index (χ0) is 12.5. The van der Waals surface area contributed by atoms with Crippen molar-refractivity contribution in [2.45, 2.75) is 6.92 Å². The Morgan fingerprint density at radius 2 is 1.82 bits per heavy atom. The average molecular weight is 256 g/mol. The van der Waals surface area contributed by atoms with Crippen LogP contribution in [0.5, 0.6) is 11.5 Å². The molecule has 0 heterocycles. The van der Waals surface area contributed by atoms with Gasteiger partial charge < -0.3 is 14.6 Å². The molecule has 0 bridgehead atoms. The number of carboxylic acids is 1. The van der Waals surface area contributed by atoms with Gasteiger partial charge in [-0.1, -0.05) is 0 Å². The number of rotatable bonds is 8. The molecule has 1 aromatic rings. The third-order valence-electron chi connectivity index (χ3n) is 1.86. The van der Waals surface area contributed by atoms with Crippen molar-refractivity contribution >= 4 is 17.7 Å². The van der Waals surface area contributed by atoms with E-state index in [0.717, 1.165) is 11.5 Å². The predicted molar refractivity (Wildman–Crippen MR) is 68.1 cm³/mol. The highest BCUT2D eigenvalue weighted by molar-refractivity contribution is 7.99. The van der Waals surface area contributed by atoms with Crippen LogP contribution in [0.1, 0.15) is 6.92 Å². The van der Waals surface area contributed by atoms with E-state index in [2.05, 4.69) is 0 Å². The Bertz CT molecular complexity index is 337. The smallest absolute Gasteiger partial charge is 0.313 e. The zero-order valence-electron chi connectivity index (χ0n) is 9.72. The van der Waals surface area contributed by atoms with Crippen LogP contribution >= 0.6 is 11.8 Å². The molecule has 0 radical (unpaired) electrons. The number of carboxylic acid groups (broad SMARTS) is 1. The summed E-state index contributed by atoms with van der Waals surface area (Å²) in [6.07, 6.45) is 0. The van der Waals surface area contributed by atoms with E-state index in [1.165, 1.54) is 11.8 Å². The first kappa shape index (κ1) is 13.7. The number of carbonyl (C=O) groups is 1. The Morgan fingerprint density at radius 3 is 2.35 bits per heavy atom. The fraction of sp³-hybridized carbons (Fsp3) is 0.417. The molecule has 0 fully saturated rings. The van der Waals surface area contributed by atoms with Crippen molar-refractivity contribution in [3.05, 3.63) is 24.3 Å². The minimum Gasteiger partial charge on any atom is -0.494 e. The second-order valence-electron chi connectivity index (χ2n) is 3.20. The van der Waals surface area contributed by atoms with Crippen LogP contribution in [-0.2, 0) is 4.79 Å². The summed E-state index contributed by atoms with van der Waals surface area (Å²) >= 11 is 1.34. The van der Waals surface area contributed by atoms with Gasteiger partial charge in [0.25, 0.3) is 0 Å². The van der Waals surface area contributed by atoms with Gasteiger partial charge in [0, 0.05) is 5.75 Å². The fourth-order valence-electron chi connectivity index (χ4n) is 1.18. The number of hydrogen-bond donors (Lipinski definition) is 1. The second kappa shape index (κ2) is 7.84. The average Bonchev–Trinajstić information content (AvgIpc) is 2.31. The van der Waals surface area contributed by atoms with E-state index in [1.54, 1.807) is 0 Å². The van der Waals surface area contributed by atoms with Crippen LogP contribution in [0.3, 0.4) is 0 Å². The van der Waals surface area contributed by atoms with Gasteiger partial charge in [-0.2, -0.15) is 0 Å². The first-order valence-electron chi connectivity index (χ1n) is 5.37. The lowest BCUT2D eigenvalue weighted by atomic mass is 10.3. The normalized spacial score (nSPS) is 9.94. The molecule has 0 spiro atoms. The van der Waals surface area contributed by atoms with Crippen LogP contribution in [-0.4, -0.2) is 35.8 Å². The molecular weight excluding hydrogens is 240 g/mol. The topological polar surface area (TPSA) is 55.8 Å². The quantitative estimate of drug-likeness (QED) is 0.723. The molecule has 0 saturated carbocycles. The summed E-state index contributed by atoms with van der Waals surface area (Å²) in [5.41, 5.74) is 0. The molecule has 0 amide bonds.